The van der Waals surface area contributed by atoms with E-state index in [0.29, 0.717) is 11.1 Å². The number of carboxylic acids is 2. The van der Waals surface area contributed by atoms with Gasteiger partial charge in [-0.05, 0) is 36.4 Å². The topological polar surface area (TPSA) is 354 Å². The number of carbonyl (C=O) groups excluding carboxylic acids is 6. The summed E-state index contributed by atoms with van der Waals surface area (Å²) in [4.78, 5) is 93.7. The summed E-state index contributed by atoms with van der Waals surface area (Å²) in [5.41, 5.74) is 11.8. The van der Waals surface area contributed by atoms with Crippen LogP contribution < -0.4 is 43.4 Å². The maximum atomic E-state index is 13.0. The van der Waals surface area contributed by atoms with Gasteiger partial charge in [0.2, 0.25) is 11.8 Å². The molecule has 1 aliphatic heterocycles. The molecule has 348 valence electrons. The minimum Gasteiger partial charge on any atom is -0.475 e. The molecule has 12 N–H and O–H groups in total. The molecule has 8 bridgehead atoms. The van der Waals surface area contributed by atoms with Gasteiger partial charge in [-0.2, -0.15) is 26.3 Å². The average molecular weight is 921 g/mol. The Morgan fingerprint density at radius 3 is 1.17 bits per heavy atom. The van der Waals surface area contributed by atoms with E-state index in [2.05, 4.69) is 31.9 Å². The summed E-state index contributed by atoms with van der Waals surface area (Å²) in [5, 5.41) is 30.2. The molecule has 1 aliphatic rings. The Morgan fingerprint density at radius 2 is 0.859 bits per heavy atom. The van der Waals surface area contributed by atoms with Gasteiger partial charge in [0.25, 0.3) is 23.6 Å². The predicted molar refractivity (Wildman–Crippen MR) is 198 cm³/mol. The van der Waals surface area contributed by atoms with Gasteiger partial charge in [0.1, 0.15) is 23.0 Å². The first-order chi connectivity index (χ1) is 30.0. The lowest BCUT2D eigenvalue weighted by molar-refractivity contribution is -0.193. The van der Waals surface area contributed by atoms with E-state index in [-0.39, 0.29) is 123 Å². The summed E-state index contributed by atoms with van der Waals surface area (Å²) in [7, 11) is 0. The molecule has 0 spiro atoms. The first kappa shape index (κ1) is 50.7. The molecule has 6 amide bonds. The standard InChI is InChI=1S/C32H36N8O10.2C2HF3O2/c33-7-5-27(41)35-11-17-9-23-31(45)37-13-19-1-3-21(47-19)29(43)39-15-25-18(12-36-28(42)6-8-34)10-24(50-25)32(46)38-14-20-2-4-22(48-20)30(44)40-16-26(17)49-23;2*3-2(4,5)1(6)7/h1-4,9-10H,5-8,11-16,33-34H2,(H,35,41)(H,36,42)(H,37,45)(H,38,46)(H,39,43)(H,40,44);2*(H,6,7). The van der Waals surface area contributed by atoms with Crippen molar-refractivity contribution in [2.24, 2.45) is 11.5 Å². The predicted octanol–water partition coefficient (Wildman–Crippen LogP) is 1.29. The number of rotatable bonds is 8. The Kier molecular flexibility index (Phi) is 18.2. The molecule has 0 aromatic carbocycles. The molecule has 64 heavy (non-hydrogen) atoms. The molecular weight excluding hydrogens is 882 g/mol. The van der Waals surface area contributed by atoms with Crippen molar-refractivity contribution < 1.29 is 92.6 Å². The Labute approximate surface area is 354 Å². The highest BCUT2D eigenvalue weighted by atomic mass is 19.4. The summed E-state index contributed by atoms with van der Waals surface area (Å²) in [6.07, 6.45) is -9.97. The second kappa shape index (κ2) is 23.0. The Bertz CT molecular complexity index is 2150. The molecule has 0 atom stereocenters. The normalized spacial score (nSPS) is 13.5. The second-order valence-corrected chi connectivity index (χ2v) is 12.6. The molecule has 0 unspecified atom stereocenters. The van der Waals surface area contributed by atoms with Crippen LogP contribution in [0.25, 0.3) is 0 Å². The molecule has 28 heteroatoms. The number of nitrogens with one attached hydrogen (secondary N) is 6. The molecule has 0 fully saturated rings. The van der Waals surface area contributed by atoms with Crippen LogP contribution in [0.4, 0.5) is 26.3 Å². The molecule has 0 aliphatic carbocycles. The molecule has 4 aromatic rings. The van der Waals surface area contributed by atoms with E-state index in [4.69, 9.17) is 48.9 Å². The Morgan fingerprint density at radius 1 is 0.547 bits per heavy atom. The number of hydrogen-bond donors (Lipinski definition) is 10. The molecule has 22 nitrogen and oxygen atoms in total. The van der Waals surface area contributed by atoms with Crippen molar-refractivity contribution in [3.63, 3.8) is 0 Å². The lowest BCUT2D eigenvalue weighted by Gasteiger charge is -2.06. The Balaban J connectivity index is 0.000000671. The first-order valence-corrected chi connectivity index (χ1v) is 18.1. The van der Waals surface area contributed by atoms with Gasteiger partial charge in [-0.1, -0.05) is 0 Å². The van der Waals surface area contributed by atoms with Crippen molar-refractivity contribution in [1.82, 2.24) is 31.9 Å². The van der Waals surface area contributed by atoms with E-state index in [0.717, 1.165) is 0 Å². The molecule has 4 aromatic heterocycles. The fourth-order valence-electron chi connectivity index (χ4n) is 4.78. The fraction of sp³-hybridized carbons (Fsp3) is 0.333. The van der Waals surface area contributed by atoms with Crippen LogP contribution in [0.3, 0.4) is 0 Å². The molecule has 0 saturated carbocycles. The average Bonchev–Trinajstić information content (AvgIpc) is 4.05. The van der Waals surface area contributed by atoms with E-state index in [1.54, 1.807) is 0 Å². The smallest absolute Gasteiger partial charge is 0.475 e. The zero-order valence-corrected chi connectivity index (χ0v) is 32.8. The summed E-state index contributed by atoms with van der Waals surface area (Å²) >= 11 is 0. The monoisotopic (exact) mass is 920 g/mol. The van der Waals surface area contributed by atoms with Crippen LogP contribution in [-0.4, -0.2) is 83.0 Å². The van der Waals surface area contributed by atoms with E-state index >= 15 is 0 Å². The molecule has 5 rings (SSSR count). The molecule has 5 heterocycles. The van der Waals surface area contributed by atoms with Gasteiger partial charge in [0, 0.05) is 50.1 Å². The molecule has 0 radical (unpaired) electrons. The summed E-state index contributed by atoms with van der Waals surface area (Å²) in [6.45, 7) is -0.217. The summed E-state index contributed by atoms with van der Waals surface area (Å²) in [6, 6.07) is 8.73. The van der Waals surface area contributed by atoms with E-state index in [1.807, 2.05) is 0 Å². The SMILES string of the molecule is NCCC(=O)NCc1cc2oc1CNC(=O)c1ccc(o1)CNC(=O)c1cc(CNC(=O)CCN)c(o1)CNC(=O)c1ccc(o1)CNC2=O.O=C(O)C(F)(F)F.O=C(O)C(F)(F)F. The van der Waals surface area contributed by atoms with Crippen molar-refractivity contribution in [2.45, 2.75) is 64.5 Å². The zero-order chi connectivity index (χ0) is 47.8. The number of alkyl halides is 6. The minimum absolute atomic E-state index is 0.00351. The number of nitrogens with two attached hydrogens (primary N) is 2. The zero-order valence-electron chi connectivity index (χ0n) is 32.8. The number of furan rings is 4. The van der Waals surface area contributed by atoms with Crippen molar-refractivity contribution in [3.8, 4) is 0 Å². The highest BCUT2D eigenvalue weighted by Crippen LogP contribution is 2.20. The van der Waals surface area contributed by atoms with E-state index < -0.39 is 47.9 Å². The third-order valence-electron chi connectivity index (χ3n) is 7.86. The Hall–Kier alpha value is -7.62. The van der Waals surface area contributed by atoms with Gasteiger partial charge in [0.15, 0.2) is 23.0 Å². The first-order valence-electron chi connectivity index (χ1n) is 18.1. The van der Waals surface area contributed by atoms with Crippen molar-refractivity contribution in [3.05, 3.63) is 93.6 Å². The van der Waals surface area contributed by atoms with Gasteiger partial charge in [-0.3, -0.25) is 28.8 Å². The van der Waals surface area contributed by atoms with Gasteiger partial charge < -0.3 is 71.2 Å². The van der Waals surface area contributed by atoms with Crippen molar-refractivity contribution in [2.75, 3.05) is 13.1 Å². The number of carbonyl (C=O) groups is 8. The highest BCUT2D eigenvalue weighted by molar-refractivity contribution is 5.94. The van der Waals surface area contributed by atoms with Crippen LogP contribution >= 0.6 is 0 Å². The van der Waals surface area contributed by atoms with Gasteiger partial charge in [0.05, 0.1) is 26.2 Å². The number of halogens is 6. The van der Waals surface area contributed by atoms with Crippen molar-refractivity contribution in [1.29, 1.82) is 0 Å². The number of hydrogen-bond acceptors (Lipinski definition) is 14. The van der Waals surface area contributed by atoms with E-state index in [9.17, 15) is 55.1 Å². The number of amides is 6. The fourth-order valence-corrected chi connectivity index (χ4v) is 4.78. The minimum atomic E-state index is -5.08. The molecule has 0 saturated heterocycles. The van der Waals surface area contributed by atoms with E-state index in [1.165, 1.54) is 36.4 Å². The van der Waals surface area contributed by atoms with Gasteiger partial charge >= 0.3 is 24.3 Å². The van der Waals surface area contributed by atoms with Crippen LogP contribution in [0.5, 0.6) is 0 Å². The number of fused-ring (bicyclic) bond motifs is 8. The summed E-state index contributed by atoms with van der Waals surface area (Å²) in [5.74, 6) is -7.97. The maximum absolute atomic E-state index is 13.0. The summed E-state index contributed by atoms with van der Waals surface area (Å²) < 4.78 is 86.2. The lowest BCUT2D eigenvalue weighted by atomic mass is 10.2. The van der Waals surface area contributed by atoms with Crippen molar-refractivity contribution >= 4 is 47.4 Å². The van der Waals surface area contributed by atoms with Gasteiger partial charge in [-0.25, -0.2) is 9.59 Å². The largest absolute Gasteiger partial charge is 0.490 e. The quantitative estimate of drug-likeness (QED) is 0.111. The van der Waals surface area contributed by atoms with Crippen LogP contribution in [-0.2, 0) is 58.4 Å². The lowest BCUT2D eigenvalue weighted by Crippen LogP contribution is -2.26. The van der Waals surface area contributed by atoms with Crippen LogP contribution in [0.2, 0.25) is 0 Å². The van der Waals surface area contributed by atoms with Crippen LogP contribution in [0.1, 0.15) is 89.2 Å². The number of aliphatic carboxylic acids is 2. The maximum Gasteiger partial charge on any atom is 0.490 e. The number of carboxylic acid groups (broad SMARTS) is 2. The van der Waals surface area contributed by atoms with Crippen LogP contribution in [0.15, 0.2) is 54.1 Å². The van der Waals surface area contributed by atoms with Crippen LogP contribution in [0, 0.1) is 0 Å². The third-order valence-corrected chi connectivity index (χ3v) is 7.86. The second-order valence-electron chi connectivity index (χ2n) is 12.6. The molecular formula is C36H38F6N8O14. The highest BCUT2D eigenvalue weighted by Gasteiger charge is 2.39. The third kappa shape index (κ3) is 16.0. The van der Waals surface area contributed by atoms with Gasteiger partial charge in [-0.15, -0.1) is 0 Å².